The second kappa shape index (κ2) is 4.85. The van der Waals surface area contributed by atoms with Gasteiger partial charge >= 0.3 is 0 Å². The molecule has 2 aromatic rings. The van der Waals surface area contributed by atoms with Gasteiger partial charge in [-0.2, -0.15) is 5.10 Å². The van der Waals surface area contributed by atoms with Gasteiger partial charge < -0.3 is 5.11 Å². The first kappa shape index (κ1) is 12.1. The van der Waals surface area contributed by atoms with Gasteiger partial charge in [-0.25, -0.2) is 4.39 Å². The largest absolute Gasteiger partial charge is 0.389 e. The highest BCUT2D eigenvalue weighted by atomic mass is 35.5. The summed E-state index contributed by atoms with van der Waals surface area (Å²) >= 11 is 5.96. The lowest BCUT2D eigenvalue weighted by molar-refractivity contribution is 0.199. The maximum Gasteiger partial charge on any atom is 0.123 e. The van der Waals surface area contributed by atoms with Crippen molar-refractivity contribution in [3.63, 3.8) is 0 Å². The third-order valence-electron chi connectivity index (χ3n) is 2.48. The molecule has 2 rings (SSSR count). The molecule has 0 amide bonds. The van der Waals surface area contributed by atoms with Gasteiger partial charge in [-0.05, 0) is 30.7 Å². The molecule has 17 heavy (non-hydrogen) atoms. The van der Waals surface area contributed by atoms with E-state index in [1.165, 1.54) is 18.2 Å². The normalized spacial score (nSPS) is 12.7. The Balaban J connectivity index is 2.22. The van der Waals surface area contributed by atoms with Crippen molar-refractivity contribution in [2.24, 2.45) is 0 Å². The predicted molar refractivity (Wildman–Crippen MR) is 63.4 cm³/mol. The summed E-state index contributed by atoms with van der Waals surface area (Å²) in [5.41, 5.74) is 1.38. The van der Waals surface area contributed by atoms with E-state index in [9.17, 15) is 9.50 Å². The van der Waals surface area contributed by atoms with E-state index in [-0.39, 0.29) is 5.82 Å². The van der Waals surface area contributed by atoms with Gasteiger partial charge in [-0.3, -0.25) is 4.68 Å². The Bertz CT molecular complexity index is 525. The zero-order valence-electron chi connectivity index (χ0n) is 9.27. The molecular weight excluding hydrogens is 243 g/mol. The van der Waals surface area contributed by atoms with Gasteiger partial charge in [0, 0.05) is 16.8 Å². The van der Waals surface area contributed by atoms with Crippen molar-refractivity contribution in [1.29, 1.82) is 0 Å². The first-order chi connectivity index (χ1) is 8.06. The molecule has 0 fully saturated rings. The third kappa shape index (κ3) is 2.84. The summed E-state index contributed by atoms with van der Waals surface area (Å²) in [6.07, 6.45) is 2.73. The van der Waals surface area contributed by atoms with Crippen LogP contribution in [0.15, 0.2) is 30.6 Å². The molecule has 0 aliphatic rings. The van der Waals surface area contributed by atoms with E-state index in [4.69, 9.17) is 11.6 Å². The third-order valence-corrected chi connectivity index (χ3v) is 2.84. The summed E-state index contributed by atoms with van der Waals surface area (Å²) in [6, 6.07) is 4.22. The zero-order chi connectivity index (χ0) is 12.4. The van der Waals surface area contributed by atoms with Crippen LogP contribution in [0.2, 0.25) is 5.02 Å². The van der Waals surface area contributed by atoms with Crippen molar-refractivity contribution in [2.45, 2.75) is 19.6 Å². The Morgan fingerprint density at radius 1 is 1.53 bits per heavy atom. The number of halogens is 2. The van der Waals surface area contributed by atoms with E-state index in [1.54, 1.807) is 24.0 Å². The topological polar surface area (TPSA) is 38.1 Å². The van der Waals surface area contributed by atoms with Crippen LogP contribution < -0.4 is 0 Å². The highest BCUT2D eigenvalue weighted by Crippen LogP contribution is 2.19. The molecule has 0 saturated heterocycles. The highest BCUT2D eigenvalue weighted by molar-refractivity contribution is 6.31. The Kier molecular flexibility index (Phi) is 3.45. The Morgan fingerprint density at radius 2 is 2.29 bits per heavy atom. The van der Waals surface area contributed by atoms with Gasteiger partial charge in [0.2, 0.25) is 0 Å². The molecule has 1 atom stereocenters. The lowest BCUT2D eigenvalue weighted by Gasteiger charge is -2.04. The Morgan fingerprint density at radius 3 is 2.94 bits per heavy atom. The lowest BCUT2D eigenvalue weighted by atomic mass is 10.2. The average Bonchev–Trinajstić information content (AvgIpc) is 2.72. The quantitative estimate of drug-likeness (QED) is 0.915. The molecule has 0 aliphatic heterocycles. The Labute approximate surface area is 103 Å². The molecule has 1 aromatic carbocycles. The second-order valence-corrected chi connectivity index (χ2v) is 4.29. The van der Waals surface area contributed by atoms with Gasteiger partial charge in [0.15, 0.2) is 0 Å². The van der Waals surface area contributed by atoms with Crippen molar-refractivity contribution in [3.05, 3.63) is 52.6 Å². The number of benzene rings is 1. The minimum absolute atomic E-state index is 0.327. The number of aliphatic hydroxyl groups excluding tert-OH is 1. The first-order valence-electron chi connectivity index (χ1n) is 5.20. The molecule has 5 heteroatoms. The minimum atomic E-state index is -0.563. The van der Waals surface area contributed by atoms with Crippen LogP contribution in [-0.2, 0) is 6.54 Å². The van der Waals surface area contributed by atoms with E-state index in [1.807, 2.05) is 0 Å². The van der Waals surface area contributed by atoms with Crippen LogP contribution in [0.4, 0.5) is 4.39 Å². The molecule has 3 nitrogen and oxygen atoms in total. The standard InChI is InChI=1S/C12H12ClFN2O/c1-8(17)10-5-15-16(7-10)6-9-4-11(14)2-3-12(9)13/h2-5,7-8,17H,6H2,1H3. The van der Waals surface area contributed by atoms with Gasteiger partial charge in [-0.1, -0.05) is 11.6 Å². The van der Waals surface area contributed by atoms with Crippen LogP contribution in [0.3, 0.4) is 0 Å². The fourth-order valence-electron chi connectivity index (χ4n) is 1.52. The van der Waals surface area contributed by atoms with E-state index < -0.39 is 6.10 Å². The molecule has 0 radical (unpaired) electrons. The van der Waals surface area contributed by atoms with Crippen molar-refractivity contribution in [1.82, 2.24) is 9.78 Å². The summed E-state index contributed by atoms with van der Waals surface area (Å²) in [5.74, 6) is -0.327. The average molecular weight is 255 g/mol. The molecule has 0 saturated carbocycles. The van der Waals surface area contributed by atoms with Gasteiger partial charge in [-0.15, -0.1) is 0 Å². The zero-order valence-corrected chi connectivity index (χ0v) is 10.0. The molecule has 1 unspecified atom stereocenters. The van der Waals surface area contributed by atoms with Crippen LogP contribution in [-0.4, -0.2) is 14.9 Å². The number of aliphatic hydroxyl groups is 1. The number of hydrogen-bond acceptors (Lipinski definition) is 2. The van der Waals surface area contributed by atoms with Crippen LogP contribution in [0, 0.1) is 5.82 Å². The van der Waals surface area contributed by atoms with Gasteiger partial charge in [0.1, 0.15) is 5.82 Å². The molecule has 1 aromatic heterocycles. The summed E-state index contributed by atoms with van der Waals surface area (Å²) in [6.45, 7) is 2.04. The molecule has 1 heterocycles. The maximum absolute atomic E-state index is 13.1. The van der Waals surface area contributed by atoms with Crippen LogP contribution in [0.1, 0.15) is 24.2 Å². The minimum Gasteiger partial charge on any atom is -0.389 e. The molecule has 0 spiro atoms. The second-order valence-electron chi connectivity index (χ2n) is 3.88. The number of nitrogens with zero attached hydrogens (tertiary/aromatic N) is 2. The van der Waals surface area contributed by atoms with Gasteiger partial charge in [0.05, 0.1) is 18.8 Å². The molecule has 1 N–H and O–H groups in total. The van der Waals surface area contributed by atoms with Crippen molar-refractivity contribution < 1.29 is 9.50 Å². The van der Waals surface area contributed by atoms with Gasteiger partial charge in [0.25, 0.3) is 0 Å². The van der Waals surface area contributed by atoms with Crippen molar-refractivity contribution in [2.75, 3.05) is 0 Å². The SMILES string of the molecule is CC(O)c1cnn(Cc2cc(F)ccc2Cl)c1. The molecular formula is C12H12ClFN2O. The summed E-state index contributed by atoms with van der Waals surface area (Å²) in [7, 11) is 0. The van der Waals surface area contributed by atoms with Crippen LogP contribution >= 0.6 is 11.6 Å². The predicted octanol–water partition coefficient (Wildman–Crippen LogP) is 2.78. The van der Waals surface area contributed by atoms with Crippen molar-refractivity contribution >= 4 is 11.6 Å². The molecule has 90 valence electrons. The monoisotopic (exact) mass is 254 g/mol. The Hall–Kier alpha value is -1.39. The fourth-order valence-corrected chi connectivity index (χ4v) is 1.70. The number of aromatic nitrogens is 2. The molecule has 0 bridgehead atoms. The van der Waals surface area contributed by atoms with Crippen molar-refractivity contribution in [3.8, 4) is 0 Å². The molecule has 0 aliphatic carbocycles. The summed E-state index contributed by atoms with van der Waals surface area (Å²) in [4.78, 5) is 0. The van der Waals surface area contributed by atoms with E-state index >= 15 is 0 Å². The smallest absolute Gasteiger partial charge is 0.123 e. The van der Waals surface area contributed by atoms with Crippen LogP contribution in [0.25, 0.3) is 0 Å². The van der Waals surface area contributed by atoms with Crippen LogP contribution in [0.5, 0.6) is 0 Å². The maximum atomic E-state index is 13.1. The summed E-state index contributed by atoms with van der Waals surface area (Å²) < 4.78 is 14.7. The van der Waals surface area contributed by atoms with E-state index in [0.717, 1.165) is 5.56 Å². The number of hydrogen-bond donors (Lipinski definition) is 1. The fraction of sp³-hybridized carbons (Fsp3) is 0.250. The highest BCUT2D eigenvalue weighted by Gasteiger charge is 2.07. The lowest BCUT2D eigenvalue weighted by Crippen LogP contribution is -2.01. The van der Waals surface area contributed by atoms with E-state index in [0.29, 0.717) is 17.1 Å². The number of rotatable bonds is 3. The summed E-state index contributed by atoms with van der Waals surface area (Å²) in [5, 5.41) is 13.9. The first-order valence-corrected chi connectivity index (χ1v) is 5.58. The van der Waals surface area contributed by atoms with E-state index in [2.05, 4.69) is 5.10 Å².